The van der Waals surface area contributed by atoms with Gasteiger partial charge in [0.1, 0.15) is 12.2 Å². The Balaban J connectivity index is 1.80. The molecule has 13 heteroatoms. The van der Waals surface area contributed by atoms with Crippen molar-refractivity contribution in [1.82, 2.24) is 4.98 Å². The summed E-state index contributed by atoms with van der Waals surface area (Å²) in [5.41, 5.74) is 0.704. The summed E-state index contributed by atoms with van der Waals surface area (Å²) in [6.07, 6.45) is -2.59. The summed E-state index contributed by atoms with van der Waals surface area (Å²) >= 11 is 7.38. The molecule has 218 valence electrons. The summed E-state index contributed by atoms with van der Waals surface area (Å²) in [6.45, 7) is 3.55. The number of fused-ring (bicyclic) bond motifs is 1. The molecule has 1 aromatic heterocycles. The van der Waals surface area contributed by atoms with Crippen LogP contribution in [0.15, 0.2) is 41.8 Å². The van der Waals surface area contributed by atoms with Crippen LogP contribution in [0.2, 0.25) is 5.02 Å². The maximum atomic E-state index is 14.1. The zero-order chi connectivity index (χ0) is 29.9. The molecule has 2 heterocycles. The van der Waals surface area contributed by atoms with E-state index in [-0.39, 0.29) is 24.0 Å². The number of nitrogens with one attached hydrogen (secondary N) is 1. The number of ether oxygens (including phenoxy) is 3. The van der Waals surface area contributed by atoms with Gasteiger partial charge in [-0.2, -0.15) is 0 Å². The van der Waals surface area contributed by atoms with Gasteiger partial charge in [-0.3, -0.25) is 9.59 Å². The number of aromatic carboxylic acids is 1. The van der Waals surface area contributed by atoms with Crippen LogP contribution in [-0.2, 0) is 14.3 Å². The smallest absolute Gasteiger partial charge is 0.355 e. The van der Waals surface area contributed by atoms with E-state index in [0.717, 1.165) is 11.3 Å². The summed E-state index contributed by atoms with van der Waals surface area (Å²) < 4.78 is 17.6. The number of methoxy groups -OCH3 is 2. The van der Waals surface area contributed by atoms with E-state index in [4.69, 9.17) is 30.9 Å². The van der Waals surface area contributed by atoms with Gasteiger partial charge in [0.2, 0.25) is 5.91 Å². The zero-order valence-electron chi connectivity index (χ0n) is 22.8. The summed E-state index contributed by atoms with van der Waals surface area (Å²) in [6, 6.07) is 10.3. The minimum Gasteiger partial charge on any atom is -0.493 e. The van der Waals surface area contributed by atoms with Crippen molar-refractivity contribution in [2.24, 2.45) is 5.41 Å². The number of anilines is 2. The number of carboxylic acids is 1. The van der Waals surface area contributed by atoms with Crippen molar-refractivity contribution >= 4 is 51.5 Å². The fourth-order valence-electron chi connectivity index (χ4n) is 4.47. The number of para-hydroxylation sites is 1. The molecular weight excluding hydrogens is 574 g/mol. The number of nitrogens with zero attached hydrogens (tertiary/aromatic N) is 2. The number of aromatic nitrogens is 1. The molecule has 2 aromatic carbocycles. The second-order valence-corrected chi connectivity index (χ2v) is 11.4. The van der Waals surface area contributed by atoms with E-state index in [0.29, 0.717) is 33.3 Å². The van der Waals surface area contributed by atoms with Crippen LogP contribution in [0.25, 0.3) is 0 Å². The Morgan fingerprint density at radius 3 is 2.59 bits per heavy atom. The van der Waals surface area contributed by atoms with Crippen molar-refractivity contribution in [3.8, 4) is 11.5 Å². The van der Waals surface area contributed by atoms with E-state index in [1.165, 1.54) is 24.5 Å². The summed E-state index contributed by atoms with van der Waals surface area (Å²) in [5.74, 6) is -1.50. The number of aliphatic hydroxyl groups is 1. The van der Waals surface area contributed by atoms with Crippen LogP contribution in [0.1, 0.15) is 48.0 Å². The van der Waals surface area contributed by atoms with Gasteiger partial charge in [0.25, 0.3) is 5.91 Å². The zero-order valence-corrected chi connectivity index (χ0v) is 24.4. The minimum atomic E-state index is -1.28. The first-order valence-corrected chi connectivity index (χ1v) is 13.8. The molecule has 4 rings (SSSR count). The number of hydrogen-bond acceptors (Lipinski definition) is 9. The van der Waals surface area contributed by atoms with Crippen LogP contribution >= 0.6 is 22.9 Å². The number of benzene rings is 2. The van der Waals surface area contributed by atoms with E-state index >= 15 is 0 Å². The molecule has 0 aliphatic carbocycles. The molecule has 0 bridgehead atoms. The quantitative estimate of drug-likeness (QED) is 0.307. The minimum absolute atomic E-state index is 0.0767. The first-order valence-electron chi connectivity index (χ1n) is 12.5. The van der Waals surface area contributed by atoms with Gasteiger partial charge in [-0.15, -0.1) is 11.3 Å². The van der Waals surface area contributed by atoms with Crippen LogP contribution in [-0.4, -0.2) is 66.5 Å². The molecular formula is C28H30ClN3O8S. The Morgan fingerprint density at radius 2 is 1.95 bits per heavy atom. The number of halogens is 1. The molecule has 3 N–H and O–H groups in total. The van der Waals surface area contributed by atoms with Crippen molar-refractivity contribution in [2.45, 2.75) is 32.5 Å². The lowest BCUT2D eigenvalue weighted by Gasteiger charge is -2.32. The third-order valence-corrected chi connectivity index (χ3v) is 7.47. The van der Waals surface area contributed by atoms with Crippen LogP contribution in [0.5, 0.6) is 11.5 Å². The maximum absolute atomic E-state index is 14.1. The monoisotopic (exact) mass is 603 g/mol. The van der Waals surface area contributed by atoms with Crippen molar-refractivity contribution in [2.75, 3.05) is 37.6 Å². The third kappa shape index (κ3) is 6.62. The number of carboxylic acid groups (broad SMARTS) is 1. The topological polar surface area (TPSA) is 148 Å². The molecule has 0 fully saturated rings. The molecule has 2 atom stereocenters. The van der Waals surface area contributed by atoms with Crippen molar-refractivity contribution < 1.29 is 38.8 Å². The SMILES string of the molecule is COc1cccc([C@H]2O[C@H](CC(=O)Nc3nc(C(=O)O)cs3)C(=O)N(CC(C)(C)CO)c3ccc(Cl)cc32)c1OC. The van der Waals surface area contributed by atoms with Gasteiger partial charge in [-0.05, 0) is 24.3 Å². The molecule has 1 aliphatic rings. The average Bonchev–Trinajstić information content (AvgIpc) is 3.38. The summed E-state index contributed by atoms with van der Waals surface area (Å²) in [4.78, 5) is 43.8. The van der Waals surface area contributed by atoms with Gasteiger partial charge in [-0.1, -0.05) is 37.6 Å². The highest BCUT2D eigenvalue weighted by atomic mass is 35.5. The fraction of sp³-hybridized carbons (Fsp3) is 0.357. The summed E-state index contributed by atoms with van der Waals surface area (Å²) in [7, 11) is 2.99. The lowest BCUT2D eigenvalue weighted by atomic mass is 9.92. The van der Waals surface area contributed by atoms with Crippen LogP contribution < -0.4 is 19.7 Å². The van der Waals surface area contributed by atoms with E-state index < -0.39 is 41.8 Å². The number of carbonyl (C=O) groups excluding carboxylic acids is 2. The van der Waals surface area contributed by atoms with Gasteiger partial charge < -0.3 is 34.6 Å². The molecule has 0 unspecified atom stereocenters. The van der Waals surface area contributed by atoms with Crippen molar-refractivity contribution in [3.63, 3.8) is 0 Å². The average molecular weight is 604 g/mol. The predicted molar refractivity (Wildman–Crippen MR) is 153 cm³/mol. The first kappa shape index (κ1) is 30.3. The van der Waals surface area contributed by atoms with Gasteiger partial charge in [-0.25, -0.2) is 9.78 Å². The molecule has 2 amide bonds. The first-order chi connectivity index (χ1) is 19.5. The molecule has 0 saturated carbocycles. The van der Waals surface area contributed by atoms with Crippen molar-refractivity contribution in [1.29, 1.82) is 0 Å². The van der Waals surface area contributed by atoms with Gasteiger partial charge in [0.05, 0.1) is 20.6 Å². The number of aliphatic hydroxyl groups excluding tert-OH is 1. The molecule has 11 nitrogen and oxygen atoms in total. The highest BCUT2D eigenvalue weighted by Crippen LogP contribution is 2.45. The lowest BCUT2D eigenvalue weighted by Crippen LogP contribution is -2.46. The normalized spacial score (nSPS) is 17.0. The van der Waals surface area contributed by atoms with Crippen LogP contribution in [0, 0.1) is 5.41 Å². The fourth-order valence-corrected chi connectivity index (χ4v) is 5.35. The van der Waals surface area contributed by atoms with E-state index in [1.54, 1.807) is 36.4 Å². The molecule has 0 saturated heterocycles. The molecule has 3 aromatic rings. The predicted octanol–water partition coefficient (Wildman–Crippen LogP) is 4.38. The Hall–Kier alpha value is -3.71. The van der Waals surface area contributed by atoms with Crippen LogP contribution in [0.3, 0.4) is 0 Å². The Kier molecular flexibility index (Phi) is 9.17. The van der Waals surface area contributed by atoms with E-state index in [9.17, 15) is 19.5 Å². The third-order valence-electron chi connectivity index (χ3n) is 6.48. The number of amides is 2. The van der Waals surface area contributed by atoms with Gasteiger partial charge in [0, 0.05) is 45.8 Å². The molecule has 41 heavy (non-hydrogen) atoms. The van der Waals surface area contributed by atoms with Crippen molar-refractivity contribution in [3.05, 3.63) is 63.6 Å². The van der Waals surface area contributed by atoms with Gasteiger partial charge in [0.15, 0.2) is 22.3 Å². The maximum Gasteiger partial charge on any atom is 0.355 e. The number of thiazole rings is 1. The van der Waals surface area contributed by atoms with Crippen LogP contribution in [0.4, 0.5) is 10.8 Å². The number of hydrogen-bond donors (Lipinski definition) is 3. The number of rotatable bonds is 10. The van der Waals surface area contributed by atoms with E-state index in [1.807, 2.05) is 13.8 Å². The Bertz CT molecular complexity index is 1460. The number of carbonyl (C=O) groups is 3. The highest BCUT2D eigenvalue weighted by Gasteiger charge is 2.40. The lowest BCUT2D eigenvalue weighted by molar-refractivity contribution is -0.136. The Labute approximate surface area is 245 Å². The summed E-state index contributed by atoms with van der Waals surface area (Å²) in [5, 5.41) is 23.5. The van der Waals surface area contributed by atoms with Gasteiger partial charge >= 0.3 is 5.97 Å². The molecule has 1 aliphatic heterocycles. The molecule has 0 radical (unpaired) electrons. The largest absolute Gasteiger partial charge is 0.493 e. The highest BCUT2D eigenvalue weighted by molar-refractivity contribution is 7.14. The Morgan fingerprint density at radius 1 is 1.20 bits per heavy atom. The second-order valence-electron chi connectivity index (χ2n) is 10.1. The molecule has 0 spiro atoms. The second kappa shape index (κ2) is 12.4. The van der Waals surface area contributed by atoms with E-state index in [2.05, 4.69) is 10.3 Å². The standard InChI is InChI=1S/C28H30ClN3O8S/c1-28(2,14-33)13-32-19-9-8-15(29)10-17(19)23(16-6-5-7-20(38-3)24(16)39-4)40-21(25(32)35)11-22(34)31-27-30-18(12-41-27)26(36)37/h5-10,12,21,23,33H,11,13-14H2,1-4H3,(H,36,37)(H,30,31,34)/t21-,23-/m1/s1.